The highest BCUT2D eigenvalue weighted by Crippen LogP contribution is 2.33. The summed E-state index contributed by atoms with van der Waals surface area (Å²) in [4.78, 5) is 27.8. The minimum Gasteiger partial charge on any atom is -0.484 e. The molecule has 0 radical (unpaired) electrons. The van der Waals surface area contributed by atoms with E-state index in [1.807, 2.05) is 50.2 Å². The lowest BCUT2D eigenvalue weighted by atomic mass is 10.1. The Morgan fingerprint density at radius 1 is 0.907 bits per heavy atom. The lowest BCUT2D eigenvalue weighted by Crippen LogP contribution is -2.52. The van der Waals surface area contributed by atoms with Crippen LogP contribution in [0.5, 0.6) is 11.5 Å². The van der Waals surface area contributed by atoms with Gasteiger partial charge in [-0.2, -0.15) is 0 Å². The molecule has 1 aliphatic heterocycles. The van der Waals surface area contributed by atoms with Gasteiger partial charge in [0.25, 0.3) is 21.8 Å². The summed E-state index contributed by atoms with van der Waals surface area (Å²) in [6.07, 6.45) is -0.210. The summed E-state index contributed by atoms with van der Waals surface area (Å²) >= 11 is 0. The molecule has 0 bridgehead atoms. The summed E-state index contributed by atoms with van der Waals surface area (Å²) in [7, 11) is -3.81. The third kappa shape index (κ3) is 7.34. The molecule has 222 valence electrons. The number of ether oxygens (including phenoxy) is 2. The molecule has 0 fully saturated rings. The van der Waals surface area contributed by atoms with E-state index in [4.69, 9.17) is 9.47 Å². The smallest absolute Gasteiger partial charge is 0.265 e. The van der Waals surface area contributed by atoms with E-state index in [1.54, 1.807) is 36.4 Å². The first kappa shape index (κ1) is 29.7. The number of hydrogen-bond acceptors (Lipinski definition) is 6. The van der Waals surface area contributed by atoms with Crippen molar-refractivity contribution in [2.24, 2.45) is 0 Å². The van der Waals surface area contributed by atoms with Gasteiger partial charge < -0.3 is 19.7 Å². The van der Waals surface area contributed by atoms with Crippen molar-refractivity contribution in [3.05, 3.63) is 114 Å². The van der Waals surface area contributed by atoms with Gasteiger partial charge in [-0.25, -0.2) is 8.42 Å². The van der Waals surface area contributed by atoms with E-state index < -0.39 is 16.1 Å². The molecule has 1 heterocycles. The summed E-state index contributed by atoms with van der Waals surface area (Å²) in [5, 5.41) is 2.90. The Hall–Kier alpha value is -4.83. The zero-order valence-electron chi connectivity index (χ0n) is 23.9. The molecule has 4 aromatic rings. The molecule has 2 N–H and O–H groups in total. The zero-order chi connectivity index (χ0) is 30.4. The van der Waals surface area contributed by atoms with Gasteiger partial charge in [-0.15, -0.1) is 0 Å². The number of aryl methyl sites for hydroxylation is 2. The molecule has 0 spiro atoms. The molecule has 1 aliphatic rings. The van der Waals surface area contributed by atoms with E-state index in [0.717, 1.165) is 16.7 Å². The number of fused-ring (bicyclic) bond motifs is 1. The average molecular weight is 600 g/mol. The number of carbonyl (C=O) groups is 2. The first-order valence-corrected chi connectivity index (χ1v) is 15.4. The van der Waals surface area contributed by atoms with E-state index in [0.29, 0.717) is 35.8 Å². The number of amides is 2. The normalized spacial score (nSPS) is 14.3. The second-order valence-corrected chi connectivity index (χ2v) is 12.0. The zero-order valence-corrected chi connectivity index (χ0v) is 24.8. The predicted molar refractivity (Wildman–Crippen MR) is 165 cm³/mol. The molecule has 0 aliphatic carbocycles. The summed E-state index contributed by atoms with van der Waals surface area (Å²) in [6, 6.07) is 28.0. The van der Waals surface area contributed by atoms with Gasteiger partial charge in [-0.05, 0) is 85.5 Å². The number of para-hydroxylation sites is 2. The fraction of sp³-hybridized carbons (Fsp3) is 0.212. The van der Waals surface area contributed by atoms with Crippen LogP contribution in [0.2, 0.25) is 0 Å². The summed E-state index contributed by atoms with van der Waals surface area (Å²) in [5.74, 6) is 0.0765. The Morgan fingerprint density at radius 2 is 1.63 bits per heavy atom. The first-order valence-electron chi connectivity index (χ1n) is 13.9. The third-order valence-electron chi connectivity index (χ3n) is 7.18. The van der Waals surface area contributed by atoms with Crippen LogP contribution in [0.25, 0.3) is 0 Å². The van der Waals surface area contributed by atoms with E-state index in [2.05, 4.69) is 10.0 Å². The van der Waals surface area contributed by atoms with Crippen LogP contribution < -0.4 is 24.4 Å². The maximum atomic E-state index is 13.3. The van der Waals surface area contributed by atoms with Crippen molar-refractivity contribution in [2.45, 2.75) is 31.3 Å². The Morgan fingerprint density at radius 3 is 2.37 bits per heavy atom. The molecule has 4 aromatic carbocycles. The van der Waals surface area contributed by atoms with Gasteiger partial charge in [0, 0.05) is 12.2 Å². The van der Waals surface area contributed by atoms with Crippen molar-refractivity contribution < 1.29 is 27.5 Å². The highest BCUT2D eigenvalue weighted by Gasteiger charge is 2.33. The Labute approximate surface area is 251 Å². The minimum atomic E-state index is -3.81. The van der Waals surface area contributed by atoms with Gasteiger partial charge in [0.2, 0.25) is 0 Å². The van der Waals surface area contributed by atoms with Crippen molar-refractivity contribution >= 4 is 33.2 Å². The number of rotatable bonds is 10. The first-order chi connectivity index (χ1) is 20.7. The lowest BCUT2D eigenvalue weighted by Gasteiger charge is -2.34. The highest BCUT2D eigenvalue weighted by molar-refractivity contribution is 7.92. The van der Waals surface area contributed by atoms with Crippen LogP contribution in [0.3, 0.4) is 0 Å². The largest absolute Gasteiger partial charge is 0.484 e. The fourth-order valence-corrected chi connectivity index (χ4v) is 5.70. The van der Waals surface area contributed by atoms with Gasteiger partial charge in [0.15, 0.2) is 12.7 Å². The Bertz CT molecular complexity index is 1710. The van der Waals surface area contributed by atoms with Crippen LogP contribution in [0.1, 0.15) is 16.7 Å². The van der Waals surface area contributed by atoms with Gasteiger partial charge in [0.05, 0.1) is 17.1 Å². The Balaban J connectivity index is 1.20. The molecule has 0 saturated carbocycles. The lowest BCUT2D eigenvalue weighted by molar-refractivity contribution is -0.128. The maximum Gasteiger partial charge on any atom is 0.265 e. The van der Waals surface area contributed by atoms with Gasteiger partial charge >= 0.3 is 0 Å². The second kappa shape index (κ2) is 13.0. The van der Waals surface area contributed by atoms with Crippen molar-refractivity contribution in [3.8, 4) is 11.5 Å². The Kier molecular flexibility index (Phi) is 8.96. The molecule has 0 unspecified atom stereocenters. The molecule has 0 saturated heterocycles. The average Bonchev–Trinajstić information content (AvgIpc) is 3.01. The maximum absolute atomic E-state index is 13.3. The van der Waals surface area contributed by atoms with Crippen molar-refractivity contribution in [1.29, 1.82) is 0 Å². The molecular formula is C33H33N3O6S. The van der Waals surface area contributed by atoms with Gasteiger partial charge in [-0.1, -0.05) is 48.5 Å². The number of hydrogen-bond donors (Lipinski definition) is 2. The number of nitrogens with one attached hydrogen (secondary N) is 2. The molecule has 9 nitrogen and oxygen atoms in total. The molecule has 43 heavy (non-hydrogen) atoms. The standard InChI is InChI=1S/C33H33N3O6S/c1-23-12-13-26(20-24(23)2)35-43(39,40)28-16-14-27(15-17-28)41-22-32(37)36-21-31(42-30-11-7-6-10-29(30)36)33(38)34-19-18-25-8-4-3-5-9-25/h3-17,20,31,35H,18-19,21-22H2,1-2H3,(H,34,38)/t31-/m1/s1. The number of anilines is 2. The van der Waals surface area contributed by atoms with Crippen molar-refractivity contribution in [1.82, 2.24) is 5.32 Å². The van der Waals surface area contributed by atoms with E-state index in [-0.39, 0.29) is 29.9 Å². The number of nitrogens with zero attached hydrogens (tertiary/aromatic N) is 1. The van der Waals surface area contributed by atoms with E-state index in [9.17, 15) is 18.0 Å². The van der Waals surface area contributed by atoms with Crippen LogP contribution in [-0.2, 0) is 26.0 Å². The van der Waals surface area contributed by atoms with Crippen LogP contribution in [0.15, 0.2) is 102 Å². The number of benzene rings is 4. The minimum absolute atomic E-state index is 0.0255. The quantitative estimate of drug-likeness (QED) is 0.275. The summed E-state index contributed by atoms with van der Waals surface area (Å²) < 4.78 is 40.0. The summed E-state index contributed by atoms with van der Waals surface area (Å²) in [6.45, 7) is 4.02. The molecule has 0 aromatic heterocycles. The van der Waals surface area contributed by atoms with Crippen LogP contribution in [0, 0.1) is 13.8 Å². The molecular weight excluding hydrogens is 566 g/mol. The highest BCUT2D eigenvalue weighted by atomic mass is 32.2. The SMILES string of the molecule is Cc1ccc(NS(=O)(=O)c2ccc(OCC(=O)N3C[C@H](C(=O)NCCc4ccccc4)Oc4ccccc43)cc2)cc1C. The van der Waals surface area contributed by atoms with Crippen LogP contribution >= 0.6 is 0 Å². The van der Waals surface area contributed by atoms with E-state index >= 15 is 0 Å². The molecule has 10 heteroatoms. The fourth-order valence-electron chi connectivity index (χ4n) is 4.65. The third-order valence-corrected chi connectivity index (χ3v) is 8.58. The topological polar surface area (TPSA) is 114 Å². The molecule has 1 atom stereocenters. The van der Waals surface area contributed by atoms with Crippen LogP contribution in [-0.4, -0.2) is 46.0 Å². The number of sulfonamides is 1. The van der Waals surface area contributed by atoms with E-state index in [1.165, 1.54) is 29.2 Å². The van der Waals surface area contributed by atoms with Crippen molar-refractivity contribution in [3.63, 3.8) is 0 Å². The monoisotopic (exact) mass is 599 g/mol. The second-order valence-electron chi connectivity index (χ2n) is 10.3. The van der Waals surface area contributed by atoms with Crippen LogP contribution in [0.4, 0.5) is 11.4 Å². The predicted octanol–water partition coefficient (Wildman–Crippen LogP) is 4.64. The van der Waals surface area contributed by atoms with Gasteiger partial charge in [-0.3, -0.25) is 14.3 Å². The molecule has 2 amide bonds. The number of carbonyl (C=O) groups excluding carboxylic acids is 2. The van der Waals surface area contributed by atoms with Crippen molar-refractivity contribution in [2.75, 3.05) is 29.3 Å². The summed E-state index contributed by atoms with van der Waals surface area (Å²) in [5.41, 5.74) is 4.17. The van der Waals surface area contributed by atoms with Gasteiger partial charge in [0.1, 0.15) is 11.5 Å². The molecule has 5 rings (SSSR count).